The van der Waals surface area contributed by atoms with Crippen molar-refractivity contribution in [3.8, 4) is 12.3 Å². The zero-order valence-electron chi connectivity index (χ0n) is 8.18. The van der Waals surface area contributed by atoms with Crippen LogP contribution in [0.4, 0.5) is 0 Å². The van der Waals surface area contributed by atoms with E-state index in [0.29, 0.717) is 6.54 Å². The van der Waals surface area contributed by atoms with Gasteiger partial charge in [-0.3, -0.25) is 4.79 Å². The third kappa shape index (κ3) is 1.89. The second kappa shape index (κ2) is 3.97. The van der Waals surface area contributed by atoms with Crippen molar-refractivity contribution in [2.45, 2.75) is 13.0 Å². The summed E-state index contributed by atoms with van der Waals surface area (Å²) in [5.74, 6) is 2.37. The lowest BCUT2D eigenvalue weighted by Crippen LogP contribution is -2.07. The van der Waals surface area contributed by atoms with Gasteiger partial charge in [0.2, 0.25) is 0 Å². The van der Waals surface area contributed by atoms with Crippen molar-refractivity contribution in [1.29, 1.82) is 0 Å². The number of nitrogens with zero attached hydrogens (tertiary/aromatic N) is 2. The van der Waals surface area contributed by atoms with Crippen LogP contribution in [0.15, 0.2) is 30.6 Å². The lowest BCUT2D eigenvalue weighted by molar-refractivity contribution is -0.118. The van der Waals surface area contributed by atoms with Crippen molar-refractivity contribution in [3.63, 3.8) is 0 Å². The maximum absolute atomic E-state index is 11.4. The molecule has 3 heteroatoms. The summed E-state index contributed by atoms with van der Waals surface area (Å²) in [6.07, 6.45) is 6.91. The van der Waals surface area contributed by atoms with Crippen LogP contribution in [0.5, 0.6) is 0 Å². The van der Waals surface area contributed by atoms with Crippen molar-refractivity contribution in [1.82, 2.24) is 9.55 Å². The Morgan fingerprint density at radius 2 is 2.27 bits per heavy atom. The molecule has 0 bridgehead atoms. The summed E-state index contributed by atoms with van der Waals surface area (Å²) in [4.78, 5) is 15.6. The van der Waals surface area contributed by atoms with Crippen molar-refractivity contribution < 1.29 is 4.79 Å². The number of aromatic nitrogens is 2. The van der Waals surface area contributed by atoms with Gasteiger partial charge in [-0.15, -0.1) is 6.42 Å². The molecule has 0 radical (unpaired) electrons. The standard InChI is InChI=1S/C12H10N2O/c1-2-5-10(15)8-14-9-13-11-6-3-4-7-12(11)14/h1,3-4,6-7,9H,5,8H2. The minimum absolute atomic E-state index is 0.0284. The van der Waals surface area contributed by atoms with Gasteiger partial charge in [0, 0.05) is 0 Å². The predicted molar refractivity (Wildman–Crippen MR) is 58.2 cm³/mol. The first-order valence-corrected chi connectivity index (χ1v) is 4.66. The van der Waals surface area contributed by atoms with Gasteiger partial charge < -0.3 is 4.57 Å². The van der Waals surface area contributed by atoms with E-state index in [1.807, 2.05) is 28.8 Å². The molecule has 0 unspecified atom stereocenters. The quantitative estimate of drug-likeness (QED) is 0.702. The highest BCUT2D eigenvalue weighted by Crippen LogP contribution is 2.11. The Hall–Kier alpha value is -2.08. The van der Waals surface area contributed by atoms with Crippen molar-refractivity contribution in [2.75, 3.05) is 0 Å². The van der Waals surface area contributed by atoms with E-state index in [9.17, 15) is 4.79 Å². The fraction of sp³-hybridized carbons (Fsp3) is 0.167. The molecule has 0 aliphatic carbocycles. The molecule has 0 atom stereocenters. The Labute approximate surface area is 87.7 Å². The number of Topliss-reactive ketones (excluding diaryl/α,β-unsaturated/α-hetero) is 1. The molecule has 0 aliphatic rings. The van der Waals surface area contributed by atoms with Crippen LogP contribution in [0, 0.1) is 12.3 Å². The molecular formula is C12H10N2O. The summed E-state index contributed by atoms with van der Waals surface area (Å²) < 4.78 is 1.81. The van der Waals surface area contributed by atoms with E-state index in [2.05, 4.69) is 10.9 Å². The molecule has 1 aromatic heterocycles. The van der Waals surface area contributed by atoms with E-state index in [1.165, 1.54) is 0 Å². The average molecular weight is 198 g/mol. The van der Waals surface area contributed by atoms with Gasteiger partial charge in [0.05, 0.1) is 30.3 Å². The third-order valence-corrected chi connectivity index (χ3v) is 2.17. The summed E-state index contributed by atoms with van der Waals surface area (Å²) in [5.41, 5.74) is 1.86. The molecule has 74 valence electrons. The highest BCUT2D eigenvalue weighted by Gasteiger charge is 2.05. The van der Waals surface area contributed by atoms with Crippen LogP contribution >= 0.6 is 0 Å². The predicted octanol–water partition coefficient (Wildman–Crippen LogP) is 1.63. The molecule has 0 fully saturated rings. The van der Waals surface area contributed by atoms with Crippen LogP contribution in [0.25, 0.3) is 11.0 Å². The largest absolute Gasteiger partial charge is 0.323 e. The number of hydrogen-bond donors (Lipinski definition) is 0. The van der Waals surface area contributed by atoms with Gasteiger partial charge in [-0.1, -0.05) is 18.1 Å². The van der Waals surface area contributed by atoms with Crippen molar-refractivity contribution >= 4 is 16.8 Å². The van der Waals surface area contributed by atoms with Gasteiger partial charge in [0.1, 0.15) is 0 Å². The smallest absolute Gasteiger partial charge is 0.164 e. The summed E-state index contributed by atoms with van der Waals surface area (Å²) in [6.45, 7) is 0.296. The van der Waals surface area contributed by atoms with Gasteiger partial charge >= 0.3 is 0 Å². The molecule has 3 nitrogen and oxygen atoms in total. The number of terminal acetylenes is 1. The topological polar surface area (TPSA) is 34.9 Å². The molecule has 2 rings (SSSR count). The van der Waals surface area contributed by atoms with Crippen molar-refractivity contribution in [2.24, 2.45) is 0 Å². The molecule has 0 aliphatic heterocycles. The van der Waals surface area contributed by atoms with Crippen LogP contribution in [-0.2, 0) is 11.3 Å². The normalized spacial score (nSPS) is 10.1. The third-order valence-electron chi connectivity index (χ3n) is 2.17. The minimum atomic E-state index is 0.0284. The second-order valence-corrected chi connectivity index (χ2v) is 3.28. The van der Waals surface area contributed by atoms with E-state index in [4.69, 9.17) is 6.42 Å². The molecule has 0 amide bonds. The number of para-hydroxylation sites is 2. The molecule has 2 aromatic rings. The van der Waals surface area contributed by atoms with E-state index >= 15 is 0 Å². The first-order valence-electron chi connectivity index (χ1n) is 4.66. The first kappa shape index (κ1) is 9.47. The number of imidazole rings is 1. The number of carbonyl (C=O) groups excluding carboxylic acids is 1. The lowest BCUT2D eigenvalue weighted by Gasteiger charge is -2.00. The molecule has 0 saturated carbocycles. The van der Waals surface area contributed by atoms with Gasteiger partial charge in [0.25, 0.3) is 0 Å². The number of ketones is 1. The van der Waals surface area contributed by atoms with E-state index in [0.717, 1.165) is 11.0 Å². The molecule has 0 spiro atoms. The van der Waals surface area contributed by atoms with Gasteiger partial charge in [-0.25, -0.2) is 4.98 Å². The maximum Gasteiger partial charge on any atom is 0.164 e. The Balaban J connectivity index is 2.29. The minimum Gasteiger partial charge on any atom is -0.323 e. The molecule has 15 heavy (non-hydrogen) atoms. The van der Waals surface area contributed by atoms with E-state index < -0.39 is 0 Å². The maximum atomic E-state index is 11.4. The Morgan fingerprint density at radius 1 is 1.47 bits per heavy atom. The summed E-state index contributed by atoms with van der Waals surface area (Å²) in [6, 6.07) is 7.69. The lowest BCUT2D eigenvalue weighted by atomic mass is 10.3. The summed E-state index contributed by atoms with van der Waals surface area (Å²) in [7, 11) is 0. The fourth-order valence-corrected chi connectivity index (χ4v) is 1.50. The number of fused-ring (bicyclic) bond motifs is 1. The summed E-state index contributed by atoms with van der Waals surface area (Å²) in [5, 5.41) is 0. The van der Waals surface area contributed by atoms with Crippen LogP contribution in [-0.4, -0.2) is 15.3 Å². The average Bonchev–Trinajstić information content (AvgIpc) is 2.62. The zero-order chi connectivity index (χ0) is 10.7. The summed E-state index contributed by atoms with van der Waals surface area (Å²) >= 11 is 0. The number of carbonyl (C=O) groups is 1. The van der Waals surface area contributed by atoms with Gasteiger partial charge in [0.15, 0.2) is 5.78 Å². The molecular weight excluding hydrogens is 188 g/mol. The Kier molecular flexibility index (Phi) is 2.51. The number of hydrogen-bond acceptors (Lipinski definition) is 2. The Bertz CT molecular complexity index is 534. The van der Waals surface area contributed by atoms with Crippen LogP contribution in [0.1, 0.15) is 6.42 Å². The molecule has 1 heterocycles. The van der Waals surface area contributed by atoms with Crippen LogP contribution in [0.2, 0.25) is 0 Å². The molecule has 1 aromatic carbocycles. The number of benzene rings is 1. The monoisotopic (exact) mass is 198 g/mol. The van der Waals surface area contributed by atoms with Gasteiger partial charge in [-0.2, -0.15) is 0 Å². The van der Waals surface area contributed by atoms with Gasteiger partial charge in [-0.05, 0) is 12.1 Å². The van der Waals surface area contributed by atoms with E-state index in [-0.39, 0.29) is 12.2 Å². The fourth-order valence-electron chi connectivity index (χ4n) is 1.50. The highest BCUT2D eigenvalue weighted by molar-refractivity contribution is 5.83. The van der Waals surface area contributed by atoms with Crippen LogP contribution < -0.4 is 0 Å². The molecule has 0 saturated heterocycles. The SMILES string of the molecule is C#CCC(=O)Cn1cnc2ccccc21. The highest BCUT2D eigenvalue weighted by atomic mass is 16.1. The number of rotatable bonds is 3. The van der Waals surface area contributed by atoms with Crippen molar-refractivity contribution in [3.05, 3.63) is 30.6 Å². The van der Waals surface area contributed by atoms with Crippen LogP contribution in [0.3, 0.4) is 0 Å². The Morgan fingerprint density at radius 3 is 3.07 bits per heavy atom. The first-order chi connectivity index (χ1) is 7.31. The van der Waals surface area contributed by atoms with E-state index in [1.54, 1.807) is 6.33 Å². The molecule has 0 N–H and O–H groups in total. The second-order valence-electron chi connectivity index (χ2n) is 3.28. The zero-order valence-corrected chi connectivity index (χ0v) is 8.18.